The Morgan fingerprint density at radius 3 is 2.47 bits per heavy atom. The Bertz CT molecular complexity index is 625. The molecule has 2 rings (SSSR count). The van der Waals surface area contributed by atoms with Gasteiger partial charge in [-0.05, 0) is 12.2 Å². The smallest absolute Gasteiger partial charge is 0.211 e. The molecule has 0 aliphatic carbocycles. The van der Waals surface area contributed by atoms with Crippen LogP contribution in [0.3, 0.4) is 0 Å². The van der Waals surface area contributed by atoms with Crippen molar-refractivity contribution >= 4 is 33.8 Å². The Morgan fingerprint density at radius 2 is 1.82 bits per heavy atom. The summed E-state index contributed by atoms with van der Waals surface area (Å²) in [5, 5.41) is 27.7. The van der Waals surface area contributed by atoms with Crippen molar-refractivity contribution < 1.29 is 10.2 Å². The lowest BCUT2D eigenvalue weighted by Crippen LogP contribution is -2.01. The first-order valence-corrected chi connectivity index (χ1v) is 5.15. The lowest BCUT2D eigenvalue weighted by atomic mass is 10.1. The fourth-order valence-electron chi connectivity index (χ4n) is 1.51. The highest BCUT2D eigenvalue weighted by atomic mass is 32.1. The summed E-state index contributed by atoms with van der Waals surface area (Å²) in [6.07, 6.45) is 0. The average molecular weight is 247 g/mol. The molecular weight excluding hydrogens is 238 g/mol. The SMILES string of the molecule is NC(=S)N=Nc1cc(O)c2ccccc2c1O. The first-order chi connectivity index (χ1) is 8.09. The van der Waals surface area contributed by atoms with E-state index in [9.17, 15) is 10.2 Å². The second-order valence-corrected chi connectivity index (χ2v) is 3.77. The molecule has 0 amide bonds. The van der Waals surface area contributed by atoms with Gasteiger partial charge >= 0.3 is 0 Å². The molecule has 0 spiro atoms. The number of hydrogen-bond donors (Lipinski definition) is 3. The topological polar surface area (TPSA) is 91.2 Å². The predicted molar refractivity (Wildman–Crippen MR) is 68.6 cm³/mol. The molecule has 0 aliphatic heterocycles. The molecular formula is C11H9N3O2S. The van der Waals surface area contributed by atoms with Crippen molar-refractivity contribution in [2.45, 2.75) is 0 Å². The number of nitrogens with two attached hydrogens (primary N) is 1. The molecule has 0 aromatic heterocycles. The number of nitrogens with zero attached hydrogens (tertiary/aromatic N) is 2. The van der Waals surface area contributed by atoms with Gasteiger partial charge in [0.15, 0.2) is 5.75 Å². The highest BCUT2D eigenvalue weighted by Crippen LogP contribution is 2.40. The minimum atomic E-state index is -0.142. The average Bonchev–Trinajstić information content (AvgIpc) is 2.32. The fourth-order valence-corrected chi connectivity index (χ4v) is 1.55. The summed E-state index contributed by atoms with van der Waals surface area (Å²) in [4.78, 5) is 0. The molecule has 0 saturated carbocycles. The van der Waals surface area contributed by atoms with Gasteiger partial charge in [0.05, 0.1) is 0 Å². The maximum Gasteiger partial charge on any atom is 0.211 e. The number of benzene rings is 2. The van der Waals surface area contributed by atoms with Gasteiger partial charge in [-0.2, -0.15) is 0 Å². The van der Waals surface area contributed by atoms with E-state index in [-0.39, 0.29) is 22.3 Å². The summed E-state index contributed by atoms with van der Waals surface area (Å²) < 4.78 is 0. The quantitative estimate of drug-likeness (QED) is 0.410. The van der Waals surface area contributed by atoms with Crippen LogP contribution < -0.4 is 5.73 Å². The van der Waals surface area contributed by atoms with E-state index in [0.29, 0.717) is 10.8 Å². The molecule has 86 valence electrons. The third-order valence-electron chi connectivity index (χ3n) is 2.23. The zero-order chi connectivity index (χ0) is 12.4. The predicted octanol–water partition coefficient (Wildman–Crippen LogP) is 2.58. The molecule has 6 heteroatoms. The molecule has 0 aliphatic rings. The van der Waals surface area contributed by atoms with Crippen molar-refractivity contribution in [1.29, 1.82) is 0 Å². The van der Waals surface area contributed by atoms with Gasteiger partial charge in [-0.25, -0.2) is 0 Å². The molecule has 0 heterocycles. The molecule has 0 bridgehead atoms. The van der Waals surface area contributed by atoms with Gasteiger partial charge in [0, 0.05) is 16.8 Å². The lowest BCUT2D eigenvalue weighted by Gasteiger charge is -2.05. The lowest BCUT2D eigenvalue weighted by molar-refractivity contribution is 0.470. The minimum Gasteiger partial charge on any atom is -0.507 e. The van der Waals surface area contributed by atoms with Gasteiger partial charge in [-0.15, -0.1) is 10.2 Å². The van der Waals surface area contributed by atoms with Crippen LogP contribution in [-0.4, -0.2) is 15.3 Å². The monoisotopic (exact) mass is 247 g/mol. The van der Waals surface area contributed by atoms with Crippen LogP contribution in [0.5, 0.6) is 11.5 Å². The van der Waals surface area contributed by atoms with E-state index in [1.54, 1.807) is 24.3 Å². The van der Waals surface area contributed by atoms with Gasteiger partial charge in [0.1, 0.15) is 11.4 Å². The summed E-state index contributed by atoms with van der Waals surface area (Å²) in [6, 6.07) is 8.18. The molecule has 17 heavy (non-hydrogen) atoms. The third kappa shape index (κ3) is 2.16. The van der Waals surface area contributed by atoms with Crippen molar-refractivity contribution in [2.75, 3.05) is 0 Å². The first-order valence-electron chi connectivity index (χ1n) is 4.74. The largest absolute Gasteiger partial charge is 0.507 e. The number of azo groups is 1. The Morgan fingerprint density at radius 1 is 1.18 bits per heavy atom. The molecule has 5 nitrogen and oxygen atoms in total. The zero-order valence-corrected chi connectivity index (χ0v) is 9.48. The van der Waals surface area contributed by atoms with Crippen molar-refractivity contribution in [3.63, 3.8) is 0 Å². The number of fused-ring (bicyclic) bond motifs is 1. The number of phenolic OH excluding ortho intramolecular Hbond substituents is 2. The van der Waals surface area contributed by atoms with Crippen LogP contribution in [0, 0.1) is 0 Å². The van der Waals surface area contributed by atoms with Gasteiger partial charge < -0.3 is 15.9 Å². The number of aromatic hydroxyl groups is 2. The normalized spacial score (nSPS) is 11.1. The Labute approximate surface area is 102 Å². The van der Waals surface area contributed by atoms with Crippen molar-refractivity contribution in [2.24, 2.45) is 16.0 Å². The number of rotatable bonds is 1. The van der Waals surface area contributed by atoms with Gasteiger partial charge in [0.25, 0.3) is 0 Å². The number of phenols is 2. The van der Waals surface area contributed by atoms with Crippen molar-refractivity contribution in [3.05, 3.63) is 30.3 Å². The van der Waals surface area contributed by atoms with Crippen LogP contribution in [0.4, 0.5) is 5.69 Å². The standard InChI is InChI=1S/C11H9N3O2S/c12-11(17)14-13-8-5-9(15)6-3-1-2-4-7(6)10(8)16/h1-5,15-16H,(H2,12,17). The molecule has 2 aromatic carbocycles. The van der Waals surface area contributed by atoms with Gasteiger partial charge in [0.2, 0.25) is 5.11 Å². The molecule has 0 fully saturated rings. The summed E-state index contributed by atoms with van der Waals surface area (Å²) in [5.74, 6) is -0.0614. The van der Waals surface area contributed by atoms with E-state index in [4.69, 9.17) is 5.73 Å². The zero-order valence-electron chi connectivity index (χ0n) is 8.66. The second kappa shape index (κ2) is 4.34. The van der Waals surface area contributed by atoms with Gasteiger partial charge in [-0.3, -0.25) is 0 Å². The van der Waals surface area contributed by atoms with E-state index >= 15 is 0 Å². The number of hydrogen-bond acceptors (Lipinski definition) is 4. The molecule has 4 N–H and O–H groups in total. The highest BCUT2D eigenvalue weighted by molar-refractivity contribution is 7.80. The summed E-state index contributed by atoms with van der Waals surface area (Å²) >= 11 is 4.54. The van der Waals surface area contributed by atoms with Crippen LogP contribution in [0.25, 0.3) is 10.8 Å². The highest BCUT2D eigenvalue weighted by Gasteiger charge is 2.09. The van der Waals surface area contributed by atoms with Gasteiger partial charge in [-0.1, -0.05) is 24.3 Å². The molecule has 0 radical (unpaired) electrons. The van der Waals surface area contributed by atoms with Crippen LogP contribution >= 0.6 is 12.2 Å². The van der Waals surface area contributed by atoms with E-state index in [1.807, 2.05) is 0 Å². The summed E-state index contributed by atoms with van der Waals surface area (Å²) in [7, 11) is 0. The Hall–Kier alpha value is -2.21. The molecule has 2 aromatic rings. The van der Waals surface area contributed by atoms with Crippen LogP contribution in [0.2, 0.25) is 0 Å². The van der Waals surface area contributed by atoms with E-state index in [0.717, 1.165) is 0 Å². The van der Waals surface area contributed by atoms with Crippen LogP contribution in [-0.2, 0) is 0 Å². The minimum absolute atomic E-state index is 0.00953. The maximum absolute atomic E-state index is 9.94. The fraction of sp³-hybridized carbons (Fsp3) is 0. The first kappa shape index (κ1) is 11.3. The molecule has 0 atom stereocenters. The van der Waals surface area contributed by atoms with E-state index < -0.39 is 0 Å². The second-order valence-electron chi connectivity index (χ2n) is 3.35. The number of thiocarbonyl (C=S) groups is 1. The van der Waals surface area contributed by atoms with E-state index in [2.05, 4.69) is 22.4 Å². The summed E-state index contributed by atoms with van der Waals surface area (Å²) in [5.41, 5.74) is 5.29. The van der Waals surface area contributed by atoms with E-state index in [1.165, 1.54) is 6.07 Å². The molecule has 0 unspecified atom stereocenters. The van der Waals surface area contributed by atoms with Crippen molar-refractivity contribution in [1.82, 2.24) is 0 Å². The summed E-state index contributed by atoms with van der Waals surface area (Å²) in [6.45, 7) is 0. The maximum atomic E-state index is 9.94. The Kier molecular flexibility index (Phi) is 2.88. The van der Waals surface area contributed by atoms with Crippen LogP contribution in [0.1, 0.15) is 0 Å². The Balaban J connectivity index is 2.67. The molecule has 0 saturated heterocycles. The van der Waals surface area contributed by atoms with Crippen LogP contribution in [0.15, 0.2) is 40.6 Å². The van der Waals surface area contributed by atoms with Crippen molar-refractivity contribution in [3.8, 4) is 11.5 Å². The third-order valence-corrected chi connectivity index (χ3v) is 2.31.